The fraction of sp³-hybridized carbons (Fsp3) is 0.417. The first-order valence-electron chi connectivity index (χ1n) is 5.61. The maximum atomic E-state index is 11.0. The lowest BCUT2D eigenvalue weighted by Gasteiger charge is -2.18. The molecule has 3 N–H and O–H groups in total. The van der Waals surface area contributed by atoms with Gasteiger partial charge in [0, 0.05) is 18.9 Å². The van der Waals surface area contributed by atoms with E-state index in [0.717, 1.165) is 11.8 Å². The van der Waals surface area contributed by atoms with Gasteiger partial charge in [-0.2, -0.15) is 0 Å². The highest BCUT2D eigenvalue weighted by atomic mass is 32.2. The van der Waals surface area contributed by atoms with Gasteiger partial charge in [-0.05, 0) is 18.6 Å². The molecule has 1 rings (SSSR count). The maximum Gasteiger partial charge on any atom is 0.337 e. The molecule has 0 aliphatic heterocycles. The smallest absolute Gasteiger partial charge is 0.337 e. The molecule has 2 unspecified atom stereocenters. The molecule has 0 saturated carbocycles. The Hall–Kier alpha value is -1.44. The lowest BCUT2D eigenvalue weighted by atomic mass is 10.0. The van der Waals surface area contributed by atoms with Crippen LogP contribution in [-0.2, 0) is 4.79 Å². The van der Waals surface area contributed by atoms with E-state index in [4.69, 9.17) is 5.11 Å². The number of aromatic nitrogens is 1. The topological polar surface area (TPSA) is 108 Å². The van der Waals surface area contributed by atoms with E-state index in [1.165, 1.54) is 25.3 Å². The molecule has 2 atom stereocenters. The van der Waals surface area contributed by atoms with Crippen molar-refractivity contribution in [1.29, 1.82) is 0 Å². The van der Waals surface area contributed by atoms with Gasteiger partial charge in [0.2, 0.25) is 0 Å². The van der Waals surface area contributed by atoms with E-state index < -0.39 is 18.2 Å². The second-order valence-corrected chi connectivity index (χ2v) is 5.15. The van der Waals surface area contributed by atoms with Gasteiger partial charge in [0.05, 0.1) is 17.4 Å². The molecule has 0 aromatic carbocycles. The summed E-state index contributed by atoms with van der Waals surface area (Å²) in [7, 11) is 0. The van der Waals surface area contributed by atoms with Gasteiger partial charge in [-0.3, -0.25) is 9.78 Å². The summed E-state index contributed by atoms with van der Waals surface area (Å²) in [4.78, 5) is 25.5. The van der Waals surface area contributed by atoms with E-state index in [-0.39, 0.29) is 22.8 Å². The summed E-state index contributed by atoms with van der Waals surface area (Å²) in [6.45, 7) is 1.41. The highest BCUT2D eigenvalue weighted by Gasteiger charge is 2.24. The lowest BCUT2D eigenvalue weighted by molar-refractivity contribution is -0.109. The standard InChI is InChI=1S/C12H15NO5S/c1-7(14)19-6-4-9(15)11(16)10-8(12(17)18)3-2-5-13-10/h2-3,5,9,11,15-16H,4,6H2,1H3,(H,17,18). The zero-order valence-corrected chi connectivity index (χ0v) is 11.1. The molecule has 104 valence electrons. The molecule has 0 aliphatic rings. The van der Waals surface area contributed by atoms with Crippen LogP contribution in [0.4, 0.5) is 0 Å². The minimum Gasteiger partial charge on any atom is -0.478 e. The van der Waals surface area contributed by atoms with Crippen molar-refractivity contribution in [2.45, 2.75) is 25.6 Å². The molecule has 0 fully saturated rings. The first kappa shape index (κ1) is 15.6. The van der Waals surface area contributed by atoms with Gasteiger partial charge >= 0.3 is 5.97 Å². The van der Waals surface area contributed by atoms with Crippen LogP contribution in [-0.4, -0.2) is 43.2 Å². The predicted molar refractivity (Wildman–Crippen MR) is 69.9 cm³/mol. The van der Waals surface area contributed by atoms with Gasteiger partial charge in [-0.1, -0.05) is 11.8 Å². The summed E-state index contributed by atoms with van der Waals surface area (Å²) >= 11 is 1.04. The number of carboxylic acids is 1. The number of rotatable bonds is 6. The van der Waals surface area contributed by atoms with Gasteiger partial charge in [-0.15, -0.1) is 0 Å². The predicted octanol–water partition coefficient (Wildman–Crippen LogP) is 0.844. The summed E-state index contributed by atoms with van der Waals surface area (Å²) in [5, 5.41) is 28.6. The van der Waals surface area contributed by atoms with Crippen molar-refractivity contribution < 1.29 is 24.9 Å². The SMILES string of the molecule is CC(=O)SCCC(O)C(O)c1ncccc1C(=O)O. The molecule has 1 heterocycles. The van der Waals surface area contributed by atoms with Crippen molar-refractivity contribution in [3.63, 3.8) is 0 Å². The van der Waals surface area contributed by atoms with E-state index >= 15 is 0 Å². The fourth-order valence-electron chi connectivity index (χ4n) is 1.50. The van der Waals surface area contributed by atoms with Crippen LogP contribution >= 0.6 is 11.8 Å². The molecular weight excluding hydrogens is 270 g/mol. The van der Waals surface area contributed by atoms with Crippen molar-refractivity contribution in [3.05, 3.63) is 29.6 Å². The molecule has 6 nitrogen and oxygen atoms in total. The van der Waals surface area contributed by atoms with E-state index in [0.29, 0.717) is 5.75 Å². The number of carboxylic acid groups (broad SMARTS) is 1. The Morgan fingerprint density at radius 3 is 2.68 bits per heavy atom. The molecular formula is C12H15NO5S. The van der Waals surface area contributed by atoms with Gasteiger partial charge in [0.15, 0.2) is 5.12 Å². The molecule has 0 amide bonds. The minimum absolute atomic E-state index is 0.0738. The Balaban J connectivity index is 2.73. The van der Waals surface area contributed by atoms with Crippen LogP contribution in [0.25, 0.3) is 0 Å². The normalized spacial score (nSPS) is 13.8. The Bertz CT molecular complexity index is 465. The van der Waals surface area contributed by atoms with Crippen LogP contribution in [0.5, 0.6) is 0 Å². The van der Waals surface area contributed by atoms with Crippen LogP contribution in [0.1, 0.15) is 35.5 Å². The molecule has 1 aromatic heterocycles. The Labute approximate surface area is 114 Å². The summed E-state index contributed by atoms with van der Waals surface area (Å²) < 4.78 is 0. The Kier molecular flexibility index (Phi) is 5.94. The highest BCUT2D eigenvalue weighted by molar-refractivity contribution is 8.13. The van der Waals surface area contributed by atoms with Crippen molar-refractivity contribution in [2.24, 2.45) is 0 Å². The molecule has 1 aromatic rings. The van der Waals surface area contributed by atoms with Gasteiger partial charge in [0.25, 0.3) is 0 Å². The summed E-state index contributed by atoms with van der Waals surface area (Å²) in [5.74, 6) is -0.865. The zero-order chi connectivity index (χ0) is 14.4. The van der Waals surface area contributed by atoms with Crippen molar-refractivity contribution in [2.75, 3.05) is 5.75 Å². The van der Waals surface area contributed by atoms with Crippen molar-refractivity contribution >= 4 is 22.8 Å². The Morgan fingerprint density at radius 1 is 1.42 bits per heavy atom. The van der Waals surface area contributed by atoms with Crippen LogP contribution in [0.15, 0.2) is 18.3 Å². The molecule has 19 heavy (non-hydrogen) atoms. The summed E-state index contributed by atoms with van der Waals surface area (Å²) in [6, 6.07) is 2.75. The number of thioether (sulfide) groups is 1. The van der Waals surface area contributed by atoms with Gasteiger partial charge in [0.1, 0.15) is 6.10 Å². The van der Waals surface area contributed by atoms with E-state index in [9.17, 15) is 19.8 Å². The third-order valence-corrected chi connectivity index (χ3v) is 3.28. The number of aliphatic hydroxyl groups is 2. The van der Waals surface area contributed by atoms with Crippen molar-refractivity contribution in [3.8, 4) is 0 Å². The highest BCUT2D eigenvalue weighted by Crippen LogP contribution is 2.21. The summed E-state index contributed by atoms with van der Waals surface area (Å²) in [5.41, 5.74) is -0.219. The largest absolute Gasteiger partial charge is 0.478 e. The number of pyridine rings is 1. The molecule has 0 radical (unpaired) electrons. The average molecular weight is 285 g/mol. The first-order chi connectivity index (χ1) is 8.93. The third-order valence-electron chi connectivity index (χ3n) is 2.43. The lowest BCUT2D eigenvalue weighted by Crippen LogP contribution is -2.22. The van der Waals surface area contributed by atoms with Crippen LogP contribution < -0.4 is 0 Å². The fourth-order valence-corrected chi connectivity index (χ4v) is 2.14. The minimum atomic E-state index is -1.39. The zero-order valence-electron chi connectivity index (χ0n) is 10.3. The van der Waals surface area contributed by atoms with Crippen LogP contribution in [0, 0.1) is 0 Å². The first-order valence-corrected chi connectivity index (χ1v) is 6.59. The van der Waals surface area contributed by atoms with Crippen LogP contribution in [0.2, 0.25) is 0 Å². The van der Waals surface area contributed by atoms with E-state index in [2.05, 4.69) is 4.98 Å². The average Bonchev–Trinajstić information content (AvgIpc) is 2.37. The summed E-state index contributed by atoms with van der Waals surface area (Å²) in [6.07, 6.45) is -1.04. The number of nitrogens with zero attached hydrogens (tertiary/aromatic N) is 1. The number of aliphatic hydroxyl groups excluding tert-OH is 2. The van der Waals surface area contributed by atoms with Gasteiger partial charge in [-0.25, -0.2) is 4.79 Å². The molecule has 0 saturated heterocycles. The number of hydrogen-bond donors (Lipinski definition) is 3. The number of hydrogen-bond acceptors (Lipinski definition) is 6. The second kappa shape index (κ2) is 7.22. The third kappa shape index (κ3) is 4.62. The molecule has 7 heteroatoms. The second-order valence-electron chi connectivity index (χ2n) is 3.88. The molecule has 0 aliphatic carbocycles. The maximum absolute atomic E-state index is 11.0. The monoisotopic (exact) mass is 285 g/mol. The Morgan fingerprint density at radius 2 is 2.11 bits per heavy atom. The molecule has 0 bridgehead atoms. The van der Waals surface area contributed by atoms with E-state index in [1.54, 1.807) is 0 Å². The number of aromatic carboxylic acids is 1. The molecule has 0 spiro atoms. The van der Waals surface area contributed by atoms with Gasteiger partial charge < -0.3 is 15.3 Å². The van der Waals surface area contributed by atoms with Crippen LogP contribution in [0.3, 0.4) is 0 Å². The number of carbonyl (C=O) groups is 2. The number of carbonyl (C=O) groups excluding carboxylic acids is 1. The van der Waals surface area contributed by atoms with Crippen molar-refractivity contribution in [1.82, 2.24) is 4.98 Å². The van der Waals surface area contributed by atoms with E-state index in [1.807, 2.05) is 0 Å². The quantitative estimate of drug-likeness (QED) is 0.711.